The molecule has 0 fully saturated rings. The summed E-state index contributed by atoms with van der Waals surface area (Å²) >= 11 is 1.98. The number of benzene rings is 1. The number of aromatic amines is 1. The van der Waals surface area contributed by atoms with Crippen LogP contribution in [0.5, 0.6) is 0 Å². The zero-order valence-corrected chi connectivity index (χ0v) is 11.3. The van der Waals surface area contributed by atoms with Gasteiger partial charge in [-0.15, -0.1) is 0 Å². The molecule has 0 amide bonds. The maximum atomic E-state index is 12.8. The summed E-state index contributed by atoms with van der Waals surface area (Å²) in [6.45, 7) is 1.94. The third-order valence-electron chi connectivity index (χ3n) is 2.38. The first-order chi connectivity index (χ1) is 8.11. The van der Waals surface area contributed by atoms with Crippen molar-refractivity contribution in [3.05, 3.63) is 49.7 Å². The molecule has 0 aliphatic carbocycles. The first-order valence-electron chi connectivity index (χ1n) is 5.16. The molecule has 0 saturated carbocycles. The molecule has 0 aliphatic rings. The van der Waals surface area contributed by atoms with Crippen molar-refractivity contribution in [1.82, 2.24) is 9.97 Å². The van der Waals surface area contributed by atoms with Gasteiger partial charge in [-0.25, -0.2) is 9.37 Å². The average Bonchev–Trinajstić information content (AvgIpc) is 2.33. The largest absolute Gasteiger partial charge is 0.306 e. The second kappa shape index (κ2) is 4.95. The molecule has 0 radical (unpaired) electrons. The highest BCUT2D eigenvalue weighted by Crippen LogP contribution is 2.16. The molecule has 1 aromatic carbocycles. The Bertz CT molecular complexity index is 592. The van der Waals surface area contributed by atoms with E-state index >= 15 is 0 Å². The van der Waals surface area contributed by atoms with Crippen LogP contribution in [0, 0.1) is 9.39 Å². The molecule has 2 rings (SSSR count). The monoisotopic (exact) mass is 344 g/mol. The fourth-order valence-electron chi connectivity index (χ4n) is 1.48. The predicted octanol–water partition coefficient (Wildman–Crippen LogP) is 2.74. The van der Waals surface area contributed by atoms with Gasteiger partial charge in [-0.1, -0.05) is 6.92 Å². The Morgan fingerprint density at radius 2 is 2.00 bits per heavy atom. The number of aromatic nitrogens is 2. The van der Waals surface area contributed by atoms with Gasteiger partial charge < -0.3 is 4.98 Å². The van der Waals surface area contributed by atoms with Gasteiger partial charge in [0.05, 0.1) is 9.26 Å². The number of hydrogen-bond acceptors (Lipinski definition) is 2. The van der Waals surface area contributed by atoms with Gasteiger partial charge in [0.15, 0.2) is 0 Å². The van der Waals surface area contributed by atoms with Gasteiger partial charge in [-0.3, -0.25) is 4.79 Å². The van der Waals surface area contributed by atoms with Crippen LogP contribution in [0.25, 0.3) is 11.4 Å². The van der Waals surface area contributed by atoms with Crippen molar-refractivity contribution >= 4 is 22.6 Å². The van der Waals surface area contributed by atoms with Crippen molar-refractivity contribution in [3.63, 3.8) is 0 Å². The van der Waals surface area contributed by atoms with E-state index in [1.165, 1.54) is 12.1 Å². The highest BCUT2D eigenvalue weighted by Gasteiger charge is 2.08. The summed E-state index contributed by atoms with van der Waals surface area (Å²) < 4.78 is 13.4. The zero-order chi connectivity index (χ0) is 12.4. The van der Waals surface area contributed by atoms with Crippen LogP contribution >= 0.6 is 22.6 Å². The van der Waals surface area contributed by atoms with Gasteiger partial charge in [-0.2, -0.15) is 0 Å². The minimum absolute atomic E-state index is 0.156. The van der Waals surface area contributed by atoms with Crippen molar-refractivity contribution in [3.8, 4) is 11.4 Å². The molecule has 2 aromatic rings. The van der Waals surface area contributed by atoms with Crippen LogP contribution in [-0.2, 0) is 6.42 Å². The average molecular weight is 344 g/mol. The number of aryl methyl sites for hydroxylation is 1. The van der Waals surface area contributed by atoms with E-state index in [1.54, 1.807) is 12.1 Å². The molecule has 0 aliphatic heterocycles. The first kappa shape index (κ1) is 12.2. The van der Waals surface area contributed by atoms with Crippen LogP contribution in [0.1, 0.15) is 12.6 Å². The number of rotatable bonds is 2. The predicted molar refractivity (Wildman–Crippen MR) is 72.3 cm³/mol. The molecular formula is C12H10FIN2O. The van der Waals surface area contributed by atoms with E-state index in [4.69, 9.17) is 0 Å². The second-order valence-corrected chi connectivity index (χ2v) is 4.61. The Kier molecular flexibility index (Phi) is 3.56. The SMILES string of the molecule is CCc1nc(-c2ccc(F)cc2)[nH]c(=O)c1I. The molecule has 0 unspecified atom stereocenters. The minimum atomic E-state index is -0.308. The highest BCUT2D eigenvalue weighted by atomic mass is 127. The van der Waals surface area contributed by atoms with E-state index in [0.717, 1.165) is 5.69 Å². The minimum Gasteiger partial charge on any atom is -0.306 e. The standard InChI is InChI=1S/C12H10FIN2O/c1-2-9-10(14)12(17)16-11(15-9)7-3-5-8(13)6-4-7/h3-6H,2H2,1H3,(H,15,16,17). The first-order valence-corrected chi connectivity index (χ1v) is 6.24. The number of nitrogens with one attached hydrogen (secondary N) is 1. The normalized spacial score (nSPS) is 10.5. The maximum Gasteiger partial charge on any atom is 0.264 e. The van der Waals surface area contributed by atoms with Crippen LogP contribution in [0.4, 0.5) is 4.39 Å². The van der Waals surface area contributed by atoms with Gasteiger partial charge in [-0.05, 0) is 53.3 Å². The van der Waals surface area contributed by atoms with Gasteiger partial charge in [0, 0.05) is 5.56 Å². The summed E-state index contributed by atoms with van der Waals surface area (Å²) in [6.07, 6.45) is 0.691. The lowest BCUT2D eigenvalue weighted by Crippen LogP contribution is -2.15. The Labute approximate surface area is 111 Å². The Morgan fingerprint density at radius 3 is 2.59 bits per heavy atom. The van der Waals surface area contributed by atoms with Crippen LogP contribution in [-0.4, -0.2) is 9.97 Å². The van der Waals surface area contributed by atoms with Crippen molar-refractivity contribution in [2.75, 3.05) is 0 Å². The molecule has 0 spiro atoms. The summed E-state index contributed by atoms with van der Waals surface area (Å²) in [5.74, 6) is 0.171. The van der Waals surface area contributed by atoms with Crippen molar-refractivity contribution in [1.29, 1.82) is 0 Å². The maximum absolute atomic E-state index is 12.8. The van der Waals surface area contributed by atoms with Gasteiger partial charge in [0.1, 0.15) is 11.6 Å². The molecule has 5 heteroatoms. The Balaban J connectivity index is 2.56. The van der Waals surface area contributed by atoms with Gasteiger partial charge in [0.2, 0.25) is 0 Å². The molecule has 1 aromatic heterocycles. The second-order valence-electron chi connectivity index (χ2n) is 3.54. The summed E-state index contributed by atoms with van der Waals surface area (Å²) in [5, 5.41) is 0. The lowest BCUT2D eigenvalue weighted by atomic mass is 10.2. The van der Waals surface area contributed by atoms with Crippen molar-refractivity contribution in [2.24, 2.45) is 0 Å². The molecule has 88 valence electrons. The van der Waals surface area contributed by atoms with E-state index in [9.17, 15) is 9.18 Å². The topological polar surface area (TPSA) is 45.8 Å². The molecule has 3 nitrogen and oxygen atoms in total. The summed E-state index contributed by atoms with van der Waals surface area (Å²) in [7, 11) is 0. The van der Waals surface area contributed by atoms with Crippen LogP contribution in [0.2, 0.25) is 0 Å². The summed E-state index contributed by atoms with van der Waals surface area (Å²) in [4.78, 5) is 18.7. The highest BCUT2D eigenvalue weighted by molar-refractivity contribution is 14.1. The lowest BCUT2D eigenvalue weighted by molar-refractivity contribution is 0.628. The van der Waals surface area contributed by atoms with E-state index < -0.39 is 0 Å². The van der Waals surface area contributed by atoms with Crippen LogP contribution in [0.15, 0.2) is 29.1 Å². The molecule has 1 N–H and O–H groups in total. The molecule has 17 heavy (non-hydrogen) atoms. The van der Waals surface area contributed by atoms with E-state index in [-0.39, 0.29) is 11.4 Å². The third-order valence-corrected chi connectivity index (χ3v) is 3.50. The fraction of sp³-hybridized carbons (Fsp3) is 0.167. The van der Waals surface area contributed by atoms with E-state index in [0.29, 0.717) is 21.4 Å². The van der Waals surface area contributed by atoms with Crippen molar-refractivity contribution < 1.29 is 4.39 Å². The smallest absolute Gasteiger partial charge is 0.264 e. The van der Waals surface area contributed by atoms with Gasteiger partial charge >= 0.3 is 0 Å². The number of H-pyrrole nitrogens is 1. The number of nitrogens with zero attached hydrogens (tertiary/aromatic N) is 1. The molecular weight excluding hydrogens is 334 g/mol. The molecule has 1 heterocycles. The molecule has 0 bridgehead atoms. The van der Waals surface area contributed by atoms with Crippen LogP contribution in [0.3, 0.4) is 0 Å². The number of hydrogen-bond donors (Lipinski definition) is 1. The molecule has 0 atom stereocenters. The Morgan fingerprint density at radius 1 is 1.35 bits per heavy atom. The lowest BCUT2D eigenvalue weighted by Gasteiger charge is -2.05. The number of halogens is 2. The molecule has 0 saturated heterocycles. The van der Waals surface area contributed by atoms with Crippen molar-refractivity contribution in [2.45, 2.75) is 13.3 Å². The Hall–Kier alpha value is -1.24. The fourth-order valence-corrected chi connectivity index (χ4v) is 2.12. The van der Waals surface area contributed by atoms with Crippen LogP contribution < -0.4 is 5.56 Å². The quantitative estimate of drug-likeness (QED) is 0.852. The summed E-state index contributed by atoms with van der Waals surface area (Å²) in [5.41, 5.74) is 1.31. The third kappa shape index (κ3) is 2.54. The zero-order valence-electron chi connectivity index (χ0n) is 9.13. The van der Waals surface area contributed by atoms with Gasteiger partial charge in [0.25, 0.3) is 5.56 Å². The van der Waals surface area contributed by atoms with E-state index in [2.05, 4.69) is 9.97 Å². The van der Waals surface area contributed by atoms with E-state index in [1.807, 2.05) is 29.5 Å². The summed E-state index contributed by atoms with van der Waals surface area (Å²) in [6, 6.07) is 5.89.